The molecule has 1 aromatic rings. The van der Waals surface area contributed by atoms with Crippen molar-refractivity contribution in [3.8, 4) is 0 Å². The molecule has 0 bridgehead atoms. The fourth-order valence-electron chi connectivity index (χ4n) is 1.78. The number of ketones is 1. The lowest BCUT2D eigenvalue weighted by Gasteiger charge is -2.20. The van der Waals surface area contributed by atoms with Gasteiger partial charge in [0.2, 0.25) is 0 Å². The summed E-state index contributed by atoms with van der Waals surface area (Å²) in [6, 6.07) is 2.42. The number of benzene rings is 1. The van der Waals surface area contributed by atoms with E-state index in [9.17, 15) is 13.6 Å². The molecule has 0 spiro atoms. The fraction of sp³-hybridized carbons (Fsp3) is 0.500. The zero-order valence-electron chi connectivity index (χ0n) is 11.1. The van der Waals surface area contributed by atoms with Crippen molar-refractivity contribution in [1.82, 2.24) is 0 Å². The van der Waals surface area contributed by atoms with E-state index < -0.39 is 29.1 Å². The van der Waals surface area contributed by atoms with Crippen LogP contribution in [-0.4, -0.2) is 18.5 Å². The number of aryl methyl sites for hydroxylation is 1. The van der Waals surface area contributed by atoms with Crippen LogP contribution in [-0.2, 0) is 4.74 Å². The SMILES string of the molecule is CCOC(C(=O)c1c(F)ccc(C)c1F)C(C)C. The first-order chi connectivity index (χ1) is 8.40. The molecular weight excluding hydrogens is 238 g/mol. The minimum absolute atomic E-state index is 0.142. The zero-order valence-corrected chi connectivity index (χ0v) is 11.1. The van der Waals surface area contributed by atoms with E-state index >= 15 is 0 Å². The van der Waals surface area contributed by atoms with Gasteiger partial charge in [0.1, 0.15) is 17.7 Å². The van der Waals surface area contributed by atoms with Gasteiger partial charge < -0.3 is 4.74 Å². The third-order valence-electron chi connectivity index (χ3n) is 2.74. The summed E-state index contributed by atoms with van der Waals surface area (Å²) in [4.78, 5) is 12.2. The van der Waals surface area contributed by atoms with Crippen molar-refractivity contribution in [1.29, 1.82) is 0 Å². The molecule has 1 aromatic carbocycles. The van der Waals surface area contributed by atoms with E-state index in [0.717, 1.165) is 6.07 Å². The molecule has 4 heteroatoms. The quantitative estimate of drug-likeness (QED) is 0.753. The third kappa shape index (κ3) is 2.93. The zero-order chi connectivity index (χ0) is 13.9. The highest BCUT2D eigenvalue weighted by Gasteiger charge is 2.29. The first-order valence-electron chi connectivity index (χ1n) is 6.00. The van der Waals surface area contributed by atoms with Gasteiger partial charge in [-0.1, -0.05) is 19.9 Å². The summed E-state index contributed by atoms with van der Waals surface area (Å²) in [5, 5.41) is 0. The lowest BCUT2D eigenvalue weighted by atomic mass is 9.95. The van der Waals surface area contributed by atoms with Gasteiger partial charge in [0.25, 0.3) is 0 Å². The number of rotatable bonds is 5. The summed E-state index contributed by atoms with van der Waals surface area (Å²) in [7, 11) is 0. The molecule has 0 amide bonds. The van der Waals surface area contributed by atoms with Crippen LogP contribution in [0.1, 0.15) is 36.7 Å². The number of halogens is 2. The van der Waals surface area contributed by atoms with Gasteiger partial charge in [-0.3, -0.25) is 4.79 Å². The van der Waals surface area contributed by atoms with Gasteiger partial charge in [-0.25, -0.2) is 8.78 Å². The van der Waals surface area contributed by atoms with E-state index in [2.05, 4.69) is 0 Å². The summed E-state index contributed by atoms with van der Waals surface area (Å²) >= 11 is 0. The Labute approximate surface area is 106 Å². The highest BCUT2D eigenvalue weighted by Crippen LogP contribution is 2.21. The van der Waals surface area contributed by atoms with E-state index in [-0.39, 0.29) is 11.5 Å². The maximum atomic E-state index is 13.9. The number of hydrogen-bond acceptors (Lipinski definition) is 2. The van der Waals surface area contributed by atoms with Crippen molar-refractivity contribution in [2.45, 2.75) is 33.8 Å². The first-order valence-corrected chi connectivity index (χ1v) is 6.00. The van der Waals surface area contributed by atoms with Crippen LogP contribution in [0.15, 0.2) is 12.1 Å². The maximum absolute atomic E-state index is 13.9. The molecule has 100 valence electrons. The second kappa shape index (κ2) is 6.05. The molecule has 0 aliphatic heterocycles. The van der Waals surface area contributed by atoms with Crippen molar-refractivity contribution in [3.63, 3.8) is 0 Å². The normalized spacial score (nSPS) is 12.8. The minimum Gasteiger partial charge on any atom is -0.370 e. The number of hydrogen-bond donors (Lipinski definition) is 0. The second-order valence-electron chi connectivity index (χ2n) is 4.54. The smallest absolute Gasteiger partial charge is 0.197 e. The van der Waals surface area contributed by atoms with Gasteiger partial charge in [-0.15, -0.1) is 0 Å². The number of ether oxygens (including phenoxy) is 1. The Kier molecular flexibility index (Phi) is 4.96. The molecule has 1 atom stereocenters. The lowest BCUT2D eigenvalue weighted by Crippen LogP contribution is -2.31. The largest absolute Gasteiger partial charge is 0.370 e. The monoisotopic (exact) mass is 256 g/mol. The van der Waals surface area contributed by atoms with E-state index in [0.29, 0.717) is 6.61 Å². The average Bonchev–Trinajstić information content (AvgIpc) is 2.30. The van der Waals surface area contributed by atoms with Gasteiger partial charge in [0.15, 0.2) is 5.78 Å². The van der Waals surface area contributed by atoms with Gasteiger partial charge in [-0.05, 0) is 31.4 Å². The Balaban J connectivity index is 3.20. The molecule has 2 nitrogen and oxygen atoms in total. The molecule has 0 aliphatic carbocycles. The molecule has 1 rings (SSSR count). The van der Waals surface area contributed by atoms with Crippen molar-refractivity contribution < 1.29 is 18.3 Å². The van der Waals surface area contributed by atoms with E-state index in [1.165, 1.54) is 13.0 Å². The molecule has 0 heterocycles. The molecule has 0 saturated carbocycles. The Morgan fingerprint density at radius 3 is 2.44 bits per heavy atom. The first kappa shape index (κ1) is 14.8. The van der Waals surface area contributed by atoms with Crippen molar-refractivity contribution in [2.75, 3.05) is 6.61 Å². The Bertz CT molecular complexity index is 442. The summed E-state index contributed by atoms with van der Waals surface area (Å²) in [5.41, 5.74) is -0.249. The summed E-state index contributed by atoms with van der Waals surface area (Å²) in [6.07, 6.45) is -0.819. The molecule has 18 heavy (non-hydrogen) atoms. The number of carbonyl (C=O) groups is 1. The van der Waals surface area contributed by atoms with Crippen LogP contribution in [0.3, 0.4) is 0 Å². The topological polar surface area (TPSA) is 26.3 Å². The highest BCUT2D eigenvalue weighted by atomic mass is 19.1. The second-order valence-corrected chi connectivity index (χ2v) is 4.54. The van der Waals surface area contributed by atoms with Crippen LogP contribution in [0.4, 0.5) is 8.78 Å². The van der Waals surface area contributed by atoms with Crippen molar-refractivity contribution in [2.24, 2.45) is 5.92 Å². The predicted octanol–water partition coefficient (Wildman–Crippen LogP) is 3.52. The lowest BCUT2D eigenvalue weighted by molar-refractivity contribution is 0.0273. The summed E-state index contributed by atoms with van der Waals surface area (Å²) in [6.45, 7) is 7.12. The fourth-order valence-corrected chi connectivity index (χ4v) is 1.78. The van der Waals surface area contributed by atoms with Gasteiger partial charge in [0, 0.05) is 6.61 Å². The molecule has 0 aliphatic rings. The molecular formula is C14H18F2O2. The number of carbonyl (C=O) groups excluding carboxylic acids is 1. The Morgan fingerprint density at radius 1 is 1.33 bits per heavy atom. The summed E-state index contributed by atoms with van der Waals surface area (Å²) < 4.78 is 32.8. The Morgan fingerprint density at radius 2 is 1.94 bits per heavy atom. The van der Waals surface area contributed by atoms with Crippen molar-refractivity contribution >= 4 is 5.78 Å². The van der Waals surface area contributed by atoms with Crippen LogP contribution < -0.4 is 0 Å². The van der Waals surface area contributed by atoms with Gasteiger partial charge >= 0.3 is 0 Å². The third-order valence-corrected chi connectivity index (χ3v) is 2.74. The van der Waals surface area contributed by atoms with Crippen molar-refractivity contribution in [3.05, 3.63) is 34.9 Å². The van der Waals surface area contributed by atoms with Crippen LogP contribution in [0.5, 0.6) is 0 Å². The summed E-state index contributed by atoms with van der Waals surface area (Å²) in [5.74, 6) is -2.42. The molecule has 0 saturated heterocycles. The maximum Gasteiger partial charge on any atom is 0.197 e. The van der Waals surface area contributed by atoms with Gasteiger partial charge in [0.05, 0.1) is 5.56 Å². The average molecular weight is 256 g/mol. The van der Waals surface area contributed by atoms with E-state index in [1.54, 1.807) is 20.8 Å². The van der Waals surface area contributed by atoms with E-state index in [1.807, 2.05) is 0 Å². The highest BCUT2D eigenvalue weighted by molar-refractivity contribution is 6.00. The van der Waals surface area contributed by atoms with E-state index in [4.69, 9.17) is 4.74 Å². The number of Topliss-reactive ketones (excluding diaryl/α,β-unsaturated/α-hetero) is 1. The van der Waals surface area contributed by atoms with Crippen LogP contribution in [0, 0.1) is 24.5 Å². The Hall–Kier alpha value is -1.29. The molecule has 0 N–H and O–H groups in total. The predicted molar refractivity (Wildman–Crippen MR) is 65.7 cm³/mol. The van der Waals surface area contributed by atoms with Crippen LogP contribution in [0.25, 0.3) is 0 Å². The molecule has 0 aromatic heterocycles. The minimum atomic E-state index is -0.839. The molecule has 0 fully saturated rings. The molecule has 1 unspecified atom stereocenters. The standard InChI is InChI=1S/C14H18F2O2/c1-5-18-14(8(2)3)13(17)11-10(15)7-6-9(4)12(11)16/h6-8,14H,5H2,1-4H3. The molecule has 0 radical (unpaired) electrons. The van der Waals surface area contributed by atoms with Crippen LogP contribution in [0.2, 0.25) is 0 Å². The van der Waals surface area contributed by atoms with Gasteiger partial charge in [-0.2, -0.15) is 0 Å². The van der Waals surface area contributed by atoms with Crippen LogP contribution >= 0.6 is 0 Å².